The molecular formula is C18H27NS. The molecule has 0 amide bonds. The molecule has 1 nitrogen and oxygen atoms in total. The van der Waals surface area contributed by atoms with E-state index in [1.165, 1.54) is 22.1 Å². The predicted molar refractivity (Wildman–Crippen MR) is 91.6 cm³/mol. The molecule has 2 rings (SSSR count). The number of thiophene rings is 1. The van der Waals surface area contributed by atoms with Gasteiger partial charge in [-0.15, -0.1) is 11.3 Å². The van der Waals surface area contributed by atoms with Gasteiger partial charge in [0.25, 0.3) is 0 Å². The van der Waals surface area contributed by atoms with Crippen molar-refractivity contribution < 1.29 is 0 Å². The molecule has 0 aliphatic carbocycles. The fraction of sp³-hybridized carbons (Fsp3) is 0.556. The first-order chi connectivity index (χ1) is 9.37. The summed E-state index contributed by atoms with van der Waals surface area (Å²) in [7, 11) is 0. The molecular weight excluding hydrogens is 262 g/mol. The summed E-state index contributed by atoms with van der Waals surface area (Å²) < 4.78 is 1.41. The maximum Gasteiger partial charge on any atom is 0.0345 e. The van der Waals surface area contributed by atoms with Gasteiger partial charge >= 0.3 is 0 Å². The van der Waals surface area contributed by atoms with Gasteiger partial charge in [-0.2, -0.15) is 0 Å². The molecule has 0 spiro atoms. The third kappa shape index (κ3) is 4.07. The number of benzene rings is 1. The zero-order valence-electron chi connectivity index (χ0n) is 13.4. The van der Waals surface area contributed by atoms with E-state index in [1.54, 1.807) is 0 Å². The van der Waals surface area contributed by atoms with Gasteiger partial charge in [0.2, 0.25) is 0 Å². The lowest BCUT2D eigenvalue weighted by molar-refractivity contribution is 0.313. The molecule has 0 radical (unpaired) electrons. The van der Waals surface area contributed by atoms with E-state index >= 15 is 0 Å². The molecule has 1 aromatic carbocycles. The number of hydrogen-bond donors (Lipinski definition) is 1. The molecule has 0 aliphatic rings. The van der Waals surface area contributed by atoms with Crippen molar-refractivity contribution in [1.29, 1.82) is 0 Å². The zero-order valence-corrected chi connectivity index (χ0v) is 14.2. The van der Waals surface area contributed by atoms with Gasteiger partial charge in [0.05, 0.1) is 0 Å². The lowest BCUT2D eigenvalue weighted by Crippen LogP contribution is -2.40. The predicted octanol–water partition coefficient (Wildman–Crippen LogP) is 5.10. The van der Waals surface area contributed by atoms with Crippen LogP contribution < -0.4 is 5.32 Å². The van der Waals surface area contributed by atoms with Crippen LogP contribution in [0.15, 0.2) is 29.6 Å². The minimum atomic E-state index is 0.198. The largest absolute Gasteiger partial charge is 0.312 e. The Kier molecular flexibility index (Phi) is 4.87. The summed E-state index contributed by atoms with van der Waals surface area (Å²) in [5, 5.41) is 7.46. The smallest absolute Gasteiger partial charge is 0.0345 e. The third-order valence-electron chi connectivity index (χ3n) is 3.88. The Morgan fingerprint density at radius 1 is 1.15 bits per heavy atom. The second-order valence-corrected chi connectivity index (χ2v) is 8.01. The fourth-order valence-electron chi connectivity index (χ4n) is 2.45. The van der Waals surface area contributed by atoms with Crippen molar-refractivity contribution in [2.75, 3.05) is 6.54 Å². The van der Waals surface area contributed by atoms with Gasteiger partial charge in [-0.05, 0) is 68.0 Å². The molecule has 0 fully saturated rings. The molecule has 2 heteroatoms. The molecule has 2 aromatic rings. The topological polar surface area (TPSA) is 12.0 Å². The molecule has 1 atom stereocenters. The van der Waals surface area contributed by atoms with Gasteiger partial charge in [-0.1, -0.05) is 32.0 Å². The van der Waals surface area contributed by atoms with Crippen molar-refractivity contribution in [3.63, 3.8) is 0 Å². The molecule has 1 aromatic heterocycles. The number of fused-ring (bicyclic) bond motifs is 1. The number of nitrogens with one attached hydrogen (secondary N) is 1. The first kappa shape index (κ1) is 15.5. The van der Waals surface area contributed by atoms with Crippen LogP contribution in [0.4, 0.5) is 0 Å². The Morgan fingerprint density at radius 2 is 1.85 bits per heavy atom. The van der Waals surface area contributed by atoms with Crippen LogP contribution in [0.5, 0.6) is 0 Å². The van der Waals surface area contributed by atoms with Crippen LogP contribution in [-0.4, -0.2) is 12.1 Å². The SMILES string of the molecule is CC(C)C(CNC(C)(C)C)Cc1csc2ccccc12. The highest BCUT2D eigenvalue weighted by molar-refractivity contribution is 7.17. The lowest BCUT2D eigenvalue weighted by Gasteiger charge is -2.27. The number of rotatable bonds is 5. The van der Waals surface area contributed by atoms with Gasteiger partial charge in [0.15, 0.2) is 0 Å². The van der Waals surface area contributed by atoms with Crippen LogP contribution >= 0.6 is 11.3 Å². The molecule has 0 saturated carbocycles. The van der Waals surface area contributed by atoms with Gasteiger partial charge in [0, 0.05) is 10.2 Å². The van der Waals surface area contributed by atoms with Gasteiger partial charge < -0.3 is 5.32 Å². The maximum absolute atomic E-state index is 3.67. The van der Waals surface area contributed by atoms with Crippen LogP contribution in [0.25, 0.3) is 10.1 Å². The van der Waals surface area contributed by atoms with Crippen molar-refractivity contribution in [1.82, 2.24) is 5.32 Å². The molecule has 0 saturated heterocycles. The standard InChI is InChI=1S/C18H27NS/c1-13(2)14(11-19-18(3,4)5)10-15-12-20-17-9-7-6-8-16(15)17/h6-9,12-14,19H,10-11H2,1-5H3. The van der Waals surface area contributed by atoms with Crippen molar-refractivity contribution >= 4 is 21.4 Å². The summed E-state index contributed by atoms with van der Waals surface area (Å²) in [5.41, 5.74) is 1.71. The summed E-state index contributed by atoms with van der Waals surface area (Å²) >= 11 is 1.87. The summed E-state index contributed by atoms with van der Waals surface area (Å²) in [4.78, 5) is 0. The molecule has 110 valence electrons. The number of hydrogen-bond acceptors (Lipinski definition) is 2. The minimum absolute atomic E-state index is 0.198. The quantitative estimate of drug-likeness (QED) is 0.807. The minimum Gasteiger partial charge on any atom is -0.312 e. The van der Waals surface area contributed by atoms with Crippen molar-refractivity contribution in [3.05, 3.63) is 35.2 Å². The Hall–Kier alpha value is -0.860. The van der Waals surface area contributed by atoms with Crippen LogP contribution in [0.2, 0.25) is 0 Å². The molecule has 20 heavy (non-hydrogen) atoms. The van der Waals surface area contributed by atoms with Gasteiger partial charge in [-0.25, -0.2) is 0 Å². The summed E-state index contributed by atoms with van der Waals surface area (Å²) in [6.07, 6.45) is 1.17. The van der Waals surface area contributed by atoms with Crippen LogP contribution in [0.3, 0.4) is 0 Å². The highest BCUT2D eigenvalue weighted by Crippen LogP contribution is 2.29. The highest BCUT2D eigenvalue weighted by Gasteiger charge is 2.19. The zero-order chi connectivity index (χ0) is 14.8. The van der Waals surface area contributed by atoms with Gasteiger partial charge in [-0.3, -0.25) is 0 Å². The van der Waals surface area contributed by atoms with E-state index in [0.717, 1.165) is 6.54 Å². The lowest BCUT2D eigenvalue weighted by atomic mass is 9.88. The van der Waals surface area contributed by atoms with Crippen LogP contribution in [0, 0.1) is 11.8 Å². The molecule has 1 heterocycles. The average Bonchev–Trinajstić information content (AvgIpc) is 2.76. The maximum atomic E-state index is 3.67. The van der Waals surface area contributed by atoms with E-state index in [1.807, 2.05) is 11.3 Å². The van der Waals surface area contributed by atoms with Crippen LogP contribution in [-0.2, 0) is 6.42 Å². The third-order valence-corrected chi connectivity index (χ3v) is 4.89. The normalized spacial score (nSPS) is 14.1. The van der Waals surface area contributed by atoms with Gasteiger partial charge in [0.1, 0.15) is 0 Å². The Bertz CT molecular complexity index is 548. The van der Waals surface area contributed by atoms with E-state index in [9.17, 15) is 0 Å². The molecule has 0 bridgehead atoms. The van der Waals surface area contributed by atoms with E-state index in [4.69, 9.17) is 0 Å². The monoisotopic (exact) mass is 289 g/mol. The van der Waals surface area contributed by atoms with E-state index in [2.05, 4.69) is 69.6 Å². The first-order valence-electron chi connectivity index (χ1n) is 7.57. The second-order valence-electron chi connectivity index (χ2n) is 7.10. The van der Waals surface area contributed by atoms with E-state index in [-0.39, 0.29) is 5.54 Å². The van der Waals surface area contributed by atoms with E-state index < -0.39 is 0 Å². The fourth-order valence-corrected chi connectivity index (χ4v) is 3.43. The van der Waals surface area contributed by atoms with E-state index in [0.29, 0.717) is 11.8 Å². The Labute approximate surface area is 127 Å². The van der Waals surface area contributed by atoms with Crippen LogP contribution in [0.1, 0.15) is 40.2 Å². The summed E-state index contributed by atoms with van der Waals surface area (Å²) in [5.74, 6) is 1.38. The van der Waals surface area contributed by atoms with Crippen molar-refractivity contribution in [2.45, 2.75) is 46.6 Å². The molecule has 1 N–H and O–H groups in total. The van der Waals surface area contributed by atoms with Crippen molar-refractivity contribution in [3.8, 4) is 0 Å². The summed E-state index contributed by atoms with van der Waals surface area (Å²) in [6.45, 7) is 12.5. The second kappa shape index (κ2) is 6.28. The molecule has 0 aliphatic heterocycles. The summed E-state index contributed by atoms with van der Waals surface area (Å²) in [6, 6.07) is 8.76. The molecule has 1 unspecified atom stereocenters. The first-order valence-corrected chi connectivity index (χ1v) is 8.45. The Morgan fingerprint density at radius 3 is 2.50 bits per heavy atom. The Balaban J connectivity index is 2.12. The van der Waals surface area contributed by atoms with Crippen molar-refractivity contribution in [2.24, 2.45) is 11.8 Å². The average molecular weight is 289 g/mol. The highest BCUT2D eigenvalue weighted by atomic mass is 32.1.